The molecule has 0 radical (unpaired) electrons. The lowest BCUT2D eigenvalue weighted by Gasteiger charge is -2.11. The third-order valence-electron chi connectivity index (χ3n) is 5.94. The number of hydrogen-bond donors (Lipinski definition) is 1. The van der Waals surface area contributed by atoms with E-state index in [1.54, 1.807) is 0 Å². The van der Waals surface area contributed by atoms with Gasteiger partial charge in [-0.3, -0.25) is 4.79 Å². The first-order valence-electron chi connectivity index (χ1n) is 10.7. The van der Waals surface area contributed by atoms with Gasteiger partial charge in [-0.1, -0.05) is 36.4 Å². The van der Waals surface area contributed by atoms with Gasteiger partial charge < -0.3 is 5.32 Å². The van der Waals surface area contributed by atoms with Crippen molar-refractivity contribution in [1.82, 2.24) is 19.6 Å². The molecule has 0 unspecified atom stereocenters. The van der Waals surface area contributed by atoms with Crippen molar-refractivity contribution >= 4 is 11.7 Å². The molecule has 2 aromatic heterocycles. The summed E-state index contributed by atoms with van der Waals surface area (Å²) < 4.78 is 3.78. The maximum atomic E-state index is 13.1. The van der Waals surface area contributed by atoms with Crippen molar-refractivity contribution in [3.63, 3.8) is 0 Å². The summed E-state index contributed by atoms with van der Waals surface area (Å²) in [6.45, 7) is 3.97. The number of rotatable bonds is 5. The molecule has 1 aliphatic carbocycles. The molecule has 0 spiro atoms. The lowest BCUT2D eigenvalue weighted by molar-refractivity contribution is -0.115. The molecule has 1 aliphatic rings. The number of aryl methyl sites for hydroxylation is 2. The van der Waals surface area contributed by atoms with E-state index in [-0.39, 0.29) is 12.3 Å². The Kier molecular flexibility index (Phi) is 4.90. The van der Waals surface area contributed by atoms with Crippen LogP contribution in [0.3, 0.4) is 0 Å². The lowest BCUT2D eigenvalue weighted by atomic mass is 10.1. The zero-order valence-corrected chi connectivity index (χ0v) is 17.8. The Morgan fingerprint density at radius 2 is 1.55 bits per heavy atom. The molecule has 2 aromatic carbocycles. The second kappa shape index (κ2) is 7.87. The summed E-state index contributed by atoms with van der Waals surface area (Å²) in [5.41, 5.74) is 7.02. The zero-order chi connectivity index (χ0) is 21.4. The highest BCUT2D eigenvalue weighted by Gasteiger charge is 2.25. The largest absolute Gasteiger partial charge is 0.310 e. The van der Waals surface area contributed by atoms with Crippen LogP contribution in [-0.4, -0.2) is 25.5 Å². The molecule has 0 bridgehead atoms. The Bertz CT molecular complexity index is 1240. The molecule has 0 saturated heterocycles. The molecule has 4 aromatic rings. The number of nitrogens with one attached hydrogen (secondary N) is 1. The van der Waals surface area contributed by atoms with Crippen LogP contribution in [0.1, 0.15) is 34.6 Å². The van der Waals surface area contributed by atoms with E-state index in [1.807, 2.05) is 83.9 Å². The third-order valence-corrected chi connectivity index (χ3v) is 5.94. The molecular formula is C25H25N5O. The molecule has 6 nitrogen and oxygen atoms in total. The highest BCUT2D eigenvalue weighted by molar-refractivity contribution is 5.93. The maximum Gasteiger partial charge on any atom is 0.230 e. The van der Waals surface area contributed by atoms with Crippen LogP contribution in [0.5, 0.6) is 0 Å². The highest BCUT2D eigenvalue weighted by atomic mass is 16.1. The van der Waals surface area contributed by atoms with E-state index < -0.39 is 0 Å². The van der Waals surface area contributed by atoms with Gasteiger partial charge in [0.15, 0.2) is 0 Å². The Balaban J connectivity index is 1.43. The number of amides is 1. The predicted molar refractivity (Wildman–Crippen MR) is 121 cm³/mol. The summed E-state index contributed by atoms with van der Waals surface area (Å²) in [7, 11) is 0. The van der Waals surface area contributed by atoms with Crippen LogP contribution in [0.2, 0.25) is 0 Å². The van der Waals surface area contributed by atoms with Gasteiger partial charge in [0.2, 0.25) is 5.91 Å². The van der Waals surface area contributed by atoms with E-state index in [2.05, 4.69) is 10.4 Å². The fraction of sp³-hybridized carbons (Fsp3) is 0.240. The van der Waals surface area contributed by atoms with Gasteiger partial charge in [-0.15, -0.1) is 0 Å². The summed E-state index contributed by atoms with van der Waals surface area (Å²) >= 11 is 0. The second-order valence-corrected chi connectivity index (χ2v) is 8.00. The van der Waals surface area contributed by atoms with Crippen LogP contribution in [0.25, 0.3) is 11.4 Å². The molecule has 31 heavy (non-hydrogen) atoms. The minimum atomic E-state index is -0.0504. The second-order valence-electron chi connectivity index (χ2n) is 8.00. The van der Waals surface area contributed by atoms with Crippen LogP contribution < -0.4 is 5.32 Å². The number of carbonyl (C=O) groups is 1. The molecular weight excluding hydrogens is 386 g/mol. The van der Waals surface area contributed by atoms with Crippen molar-refractivity contribution < 1.29 is 4.79 Å². The van der Waals surface area contributed by atoms with Gasteiger partial charge in [-0.25, -0.2) is 9.36 Å². The molecule has 156 valence electrons. The van der Waals surface area contributed by atoms with Crippen LogP contribution in [0, 0.1) is 13.8 Å². The summed E-state index contributed by atoms with van der Waals surface area (Å²) in [5.74, 6) is 0.750. The minimum absolute atomic E-state index is 0.0504. The van der Waals surface area contributed by atoms with E-state index in [0.29, 0.717) is 0 Å². The third kappa shape index (κ3) is 3.54. The van der Waals surface area contributed by atoms with E-state index in [0.717, 1.165) is 64.7 Å². The van der Waals surface area contributed by atoms with Gasteiger partial charge in [0.25, 0.3) is 0 Å². The van der Waals surface area contributed by atoms with Gasteiger partial charge in [0, 0.05) is 16.8 Å². The van der Waals surface area contributed by atoms with Crippen molar-refractivity contribution in [2.24, 2.45) is 0 Å². The topological polar surface area (TPSA) is 64.7 Å². The Hall–Kier alpha value is -3.67. The Labute approximate surface area is 181 Å². The summed E-state index contributed by atoms with van der Waals surface area (Å²) in [5, 5.41) is 12.6. The monoisotopic (exact) mass is 411 g/mol. The van der Waals surface area contributed by atoms with Crippen LogP contribution in [-0.2, 0) is 24.1 Å². The van der Waals surface area contributed by atoms with E-state index >= 15 is 0 Å². The molecule has 1 amide bonds. The number of hydrogen-bond acceptors (Lipinski definition) is 3. The number of benzene rings is 2. The SMILES string of the molecule is Cc1nn(-c2ccccc2)c(C)c1CC(=O)Nc1c2c(nn1-c1ccccc1)CCC2. The maximum absolute atomic E-state index is 13.1. The minimum Gasteiger partial charge on any atom is -0.310 e. The van der Waals surface area contributed by atoms with E-state index in [9.17, 15) is 4.79 Å². The molecule has 0 aliphatic heterocycles. The van der Waals surface area contributed by atoms with Gasteiger partial charge in [-0.2, -0.15) is 10.2 Å². The number of para-hydroxylation sites is 2. The average molecular weight is 412 g/mol. The number of fused-ring (bicyclic) bond motifs is 1. The fourth-order valence-corrected chi connectivity index (χ4v) is 4.36. The summed E-state index contributed by atoms with van der Waals surface area (Å²) in [6.07, 6.45) is 3.26. The summed E-state index contributed by atoms with van der Waals surface area (Å²) in [4.78, 5) is 13.1. The van der Waals surface area contributed by atoms with Crippen LogP contribution in [0.15, 0.2) is 60.7 Å². The average Bonchev–Trinajstić information content (AvgIpc) is 3.46. The summed E-state index contributed by atoms with van der Waals surface area (Å²) in [6, 6.07) is 20.0. The Morgan fingerprint density at radius 3 is 2.23 bits per heavy atom. The molecule has 5 rings (SSSR count). The lowest BCUT2D eigenvalue weighted by Crippen LogP contribution is -2.19. The quantitative estimate of drug-likeness (QED) is 0.531. The number of aromatic nitrogens is 4. The van der Waals surface area contributed by atoms with Crippen molar-refractivity contribution in [3.8, 4) is 11.4 Å². The normalized spacial score (nSPS) is 12.7. The van der Waals surface area contributed by atoms with Crippen molar-refractivity contribution in [1.29, 1.82) is 0 Å². The van der Waals surface area contributed by atoms with Gasteiger partial charge in [0.1, 0.15) is 5.82 Å². The molecule has 0 atom stereocenters. The molecule has 6 heteroatoms. The van der Waals surface area contributed by atoms with E-state index in [1.165, 1.54) is 0 Å². The number of anilines is 1. The van der Waals surface area contributed by atoms with Crippen molar-refractivity contribution in [2.75, 3.05) is 5.32 Å². The van der Waals surface area contributed by atoms with E-state index in [4.69, 9.17) is 5.10 Å². The number of carbonyl (C=O) groups excluding carboxylic acids is 1. The first-order chi connectivity index (χ1) is 15.1. The number of nitrogens with zero attached hydrogens (tertiary/aromatic N) is 4. The molecule has 1 N–H and O–H groups in total. The first kappa shape index (κ1) is 19.3. The van der Waals surface area contributed by atoms with Crippen LogP contribution >= 0.6 is 0 Å². The Morgan fingerprint density at radius 1 is 0.903 bits per heavy atom. The predicted octanol–water partition coefficient (Wildman–Crippen LogP) is 4.34. The molecule has 0 fully saturated rings. The van der Waals surface area contributed by atoms with Crippen molar-refractivity contribution in [3.05, 3.63) is 88.9 Å². The molecule has 0 saturated carbocycles. The fourth-order valence-electron chi connectivity index (χ4n) is 4.36. The highest BCUT2D eigenvalue weighted by Crippen LogP contribution is 2.31. The van der Waals surface area contributed by atoms with Crippen LogP contribution in [0.4, 0.5) is 5.82 Å². The van der Waals surface area contributed by atoms with Gasteiger partial charge >= 0.3 is 0 Å². The van der Waals surface area contributed by atoms with Crippen molar-refractivity contribution in [2.45, 2.75) is 39.5 Å². The van der Waals surface area contributed by atoms with Gasteiger partial charge in [-0.05, 0) is 57.4 Å². The standard InChI is InChI=1S/C25H25N5O/c1-17-22(18(2)29(27-17)19-10-5-3-6-11-19)16-24(31)26-25-21-14-9-15-23(21)28-30(25)20-12-7-4-8-13-20/h3-8,10-13H,9,14-16H2,1-2H3,(H,26,31). The first-order valence-corrected chi connectivity index (χ1v) is 10.7. The molecule has 2 heterocycles. The van der Waals surface area contributed by atoms with Gasteiger partial charge in [0.05, 0.1) is 29.2 Å². The smallest absolute Gasteiger partial charge is 0.230 e. The zero-order valence-electron chi connectivity index (χ0n) is 17.8.